The molecule has 17 unspecified atom stereocenters. The Bertz CT molecular complexity index is 1650. The van der Waals surface area contributed by atoms with Crippen LogP contribution in [0.1, 0.15) is 322 Å². The number of nitrogens with one attached hydrogen (secondary N) is 1. The third kappa shape index (κ3) is 36.3. The minimum absolute atomic E-state index is 0.240. The molecule has 0 aliphatic carbocycles. The molecule has 3 aliphatic rings. The van der Waals surface area contributed by atoms with Gasteiger partial charge in [0.25, 0.3) is 0 Å². The summed E-state index contributed by atoms with van der Waals surface area (Å²) >= 11 is 0. The Kier molecular flexibility index (Phi) is 50.6. The molecule has 0 radical (unpaired) electrons. The second-order valence-electron chi connectivity index (χ2n) is 27.5. The van der Waals surface area contributed by atoms with Crippen molar-refractivity contribution in [3.63, 3.8) is 0 Å². The average molecular weight is 1310 g/mol. The highest BCUT2D eigenvalue weighted by molar-refractivity contribution is 5.76. The predicted molar refractivity (Wildman–Crippen MR) is 356 cm³/mol. The lowest BCUT2D eigenvalue weighted by Crippen LogP contribution is -2.66. The first-order valence-electron chi connectivity index (χ1n) is 37.8. The second kappa shape index (κ2) is 54.8. The number of carbonyl (C=O) groups is 1. The van der Waals surface area contributed by atoms with E-state index in [9.17, 15) is 61.0 Å². The van der Waals surface area contributed by atoms with E-state index in [-0.39, 0.29) is 18.9 Å². The molecule has 91 heavy (non-hydrogen) atoms. The van der Waals surface area contributed by atoms with Crippen LogP contribution in [-0.2, 0) is 33.2 Å². The lowest BCUT2D eigenvalue weighted by Gasteiger charge is -2.48. The monoisotopic (exact) mass is 1310 g/mol. The SMILES string of the molecule is CCCCCCCCCCCCCCCCCCCCCCCCCCCCCCCCCCCCCCCCCC(=O)NC(COC1OC(CO)C(OC2OC(CO)C(OC3OC(CO)C(O)C(O)C3O)C(O)C2O)C(O)C1O)C(O)CCCCCCCCC. The van der Waals surface area contributed by atoms with Gasteiger partial charge in [0.05, 0.1) is 38.6 Å². The van der Waals surface area contributed by atoms with Crippen LogP contribution in [0.25, 0.3) is 0 Å². The van der Waals surface area contributed by atoms with Gasteiger partial charge in [0.2, 0.25) is 5.91 Å². The Balaban J connectivity index is 1.22. The molecule has 0 aromatic rings. The number of hydrogen-bond acceptors (Lipinski definition) is 18. The highest BCUT2D eigenvalue weighted by atomic mass is 16.8. The zero-order valence-corrected chi connectivity index (χ0v) is 57.4. The molecule has 540 valence electrons. The van der Waals surface area contributed by atoms with Crippen LogP contribution in [0.2, 0.25) is 0 Å². The van der Waals surface area contributed by atoms with Gasteiger partial charge in [-0.3, -0.25) is 4.79 Å². The molecular formula is C72H139NO18. The summed E-state index contributed by atoms with van der Waals surface area (Å²) in [5, 5.41) is 120. The van der Waals surface area contributed by atoms with Crippen LogP contribution in [0.3, 0.4) is 0 Å². The van der Waals surface area contributed by atoms with Crippen molar-refractivity contribution in [3.8, 4) is 0 Å². The minimum atomic E-state index is -1.97. The third-order valence-electron chi connectivity index (χ3n) is 19.4. The van der Waals surface area contributed by atoms with Crippen molar-refractivity contribution in [3.05, 3.63) is 0 Å². The van der Waals surface area contributed by atoms with Crippen LogP contribution >= 0.6 is 0 Å². The maximum atomic E-state index is 13.3. The number of hydrogen-bond donors (Lipinski definition) is 12. The molecule has 0 aromatic carbocycles. The van der Waals surface area contributed by atoms with Crippen LogP contribution in [-0.4, -0.2) is 193 Å². The minimum Gasteiger partial charge on any atom is -0.394 e. The summed E-state index contributed by atoms with van der Waals surface area (Å²) in [4.78, 5) is 13.3. The largest absolute Gasteiger partial charge is 0.394 e. The molecule has 19 heteroatoms. The van der Waals surface area contributed by atoms with E-state index in [2.05, 4.69) is 19.2 Å². The van der Waals surface area contributed by atoms with Crippen LogP contribution in [0.4, 0.5) is 0 Å². The molecular weight excluding hydrogens is 1170 g/mol. The molecule has 12 N–H and O–H groups in total. The van der Waals surface area contributed by atoms with Crippen molar-refractivity contribution in [1.82, 2.24) is 5.32 Å². The molecule has 3 rings (SSSR count). The van der Waals surface area contributed by atoms with Crippen LogP contribution in [0.5, 0.6) is 0 Å². The molecule has 17 atom stereocenters. The smallest absolute Gasteiger partial charge is 0.220 e. The van der Waals surface area contributed by atoms with Crippen LogP contribution in [0, 0.1) is 0 Å². The Hall–Kier alpha value is -1.21. The highest BCUT2D eigenvalue weighted by Gasteiger charge is 2.53. The van der Waals surface area contributed by atoms with Crippen molar-refractivity contribution in [1.29, 1.82) is 0 Å². The van der Waals surface area contributed by atoms with Crippen molar-refractivity contribution in [2.24, 2.45) is 0 Å². The topological polar surface area (TPSA) is 307 Å². The summed E-state index contributed by atoms with van der Waals surface area (Å²) in [6, 6.07) is -0.879. The zero-order valence-electron chi connectivity index (χ0n) is 57.4. The molecule has 0 saturated carbocycles. The highest BCUT2D eigenvalue weighted by Crippen LogP contribution is 2.33. The van der Waals surface area contributed by atoms with Gasteiger partial charge in [0.1, 0.15) is 73.2 Å². The van der Waals surface area contributed by atoms with Gasteiger partial charge in [-0.05, 0) is 12.8 Å². The first-order chi connectivity index (χ1) is 44.3. The number of aliphatic hydroxyl groups excluding tert-OH is 11. The molecule has 0 spiro atoms. The Morgan fingerprint density at radius 2 is 0.626 bits per heavy atom. The van der Waals surface area contributed by atoms with E-state index in [1.807, 2.05) is 0 Å². The number of unbranched alkanes of at least 4 members (excludes halogenated alkanes) is 44. The number of amides is 1. The van der Waals surface area contributed by atoms with Gasteiger partial charge >= 0.3 is 0 Å². The van der Waals surface area contributed by atoms with E-state index in [1.165, 1.54) is 231 Å². The molecule has 0 aromatic heterocycles. The Morgan fingerprint density at radius 1 is 0.352 bits per heavy atom. The van der Waals surface area contributed by atoms with Gasteiger partial charge in [-0.2, -0.15) is 0 Å². The summed E-state index contributed by atoms with van der Waals surface area (Å²) in [6.07, 6.45) is 34.4. The Labute approximate surface area is 551 Å². The summed E-state index contributed by atoms with van der Waals surface area (Å²) in [5.74, 6) is -0.240. The summed E-state index contributed by atoms with van der Waals surface area (Å²) in [6.45, 7) is 1.77. The normalized spacial score (nSPS) is 27.8. The molecule has 3 heterocycles. The summed E-state index contributed by atoms with van der Waals surface area (Å²) < 4.78 is 34.3. The van der Waals surface area contributed by atoms with Crippen LogP contribution in [0.15, 0.2) is 0 Å². The fourth-order valence-corrected chi connectivity index (χ4v) is 13.3. The average Bonchev–Trinajstić information content (AvgIpc) is 1.40. The first-order valence-corrected chi connectivity index (χ1v) is 37.8. The molecule has 19 nitrogen and oxygen atoms in total. The number of aliphatic hydroxyl groups is 11. The van der Waals surface area contributed by atoms with Crippen molar-refractivity contribution in [2.45, 2.75) is 426 Å². The van der Waals surface area contributed by atoms with Crippen molar-refractivity contribution in [2.75, 3.05) is 26.4 Å². The maximum absolute atomic E-state index is 13.3. The van der Waals surface area contributed by atoms with Crippen molar-refractivity contribution >= 4 is 5.91 Å². The maximum Gasteiger partial charge on any atom is 0.220 e. The van der Waals surface area contributed by atoms with Gasteiger partial charge < -0.3 is 89.9 Å². The fraction of sp³-hybridized carbons (Fsp3) is 0.986. The van der Waals surface area contributed by atoms with E-state index in [4.69, 9.17) is 28.4 Å². The summed E-state index contributed by atoms with van der Waals surface area (Å²) in [7, 11) is 0. The molecule has 1 amide bonds. The quantitative estimate of drug-likeness (QED) is 0.0252. The lowest BCUT2D eigenvalue weighted by atomic mass is 9.96. The fourth-order valence-electron chi connectivity index (χ4n) is 13.3. The number of rotatable bonds is 60. The molecule has 3 fully saturated rings. The van der Waals surface area contributed by atoms with Gasteiger partial charge in [-0.25, -0.2) is 0 Å². The van der Waals surface area contributed by atoms with Gasteiger partial charge in [-0.1, -0.05) is 303 Å². The summed E-state index contributed by atoms with van der Waals surface area (Å²) in [5.41, 5.74) is 0. The number of carbonyl (C=O) groups excluding carboxylic acids is 1. The van der Waals surface area contributed by atoms with Gasteiger partial charge in [-0.15, -0.1) is 0 Å². The van der Waals surface area contributed by atoms with E-state index in [0.717, 1.165) is 57.8 Å². The molecule has 3 saturated heterocycles. The number of ether oxygens (including phenoxy) is 6. The lowest BCUT2D eigenvalue weighted by molar-refractivity contribution is -0.379. The standard InChI is InChI=1S/C72H139NO18/c1-3-5-7-9-11-12-13-14-15-16-17-18-19-20-21-22-23-24-25-26-27-28-29-30-31-32-33-34-35-36-37-38-39-40-41-42-44-46-48-50-60(78)73-55(56(77)49-47-45-43-10-8-6-4-2)54-86-70-66(84)63(81)68(58(52-75)88-70)91-72-67(85)64(82)69(59(53-76)89-72)90-71-65(83)62(80)61(79)57(51-74)87-71/h55-59,61-72,74-77,79-85H,3-54H2,1-2H3,(H,73,78). The Morgan fingerprint density at radius 3 is 0.956 bits per heavy atom. The van der Waals surface area contributed by atoms with E-state index >= 15 is 0 Å². The molecule has 3 aliphatic heterocycles. The van der Waals surface area contributed by atoms with Gasteiger partial charge in [0.15, 0.2) is 18.9 Å². The van der Waals surface area contributed by atoms with E-state index < -0.39 is 124 Å². The predicted octanol–water partition coefficient (Wildman–Crippen LogP) is 11.1. The molecule has 0 bridgehead atoms. The second-order valence-corrected chi connectivity index (χ2v) is 27.5. The zero-order chi connectivity index (χ0) is 66.1. The first kappa shape index (κ1) is 84.0. The van der Waals surface area contributed by atoms with E-state index in [0.29, 0.717) is 12.8 Å². The van der Waals surface area contributed by atoms with Crippen LogP contribution < -0.4 is 5.32 Å². The van der Waals surface area contributed by atoms with Crippen molar-refractivity contribution < 1.29 is 89.4 Å². The van der Waals surface area contributed by atoms with E-state index in [1.54, 1.807) is 0 Å². The van der Waals surface area contributed by atoms with Gasteiger partial charge in [0, 0.05) is 6.42 Å². The third-order valence-corrected chi connectivity index (χ3v) is 19.4.